The van der Waals surface area contributed by atoms with E-state index >= 15 is 0 Å². The predicted molar refractivity (Wildman–Crippen MR) is 76.8 cm³/mol. The maximum absolute atomic E-state index is 13.1. The van der Waals surface area contributed by atoms with E-state index in [0.29, 0.717) is 17.0 Å². The molecule has 3 nitrogen and oxygen atoms in total. The topological polar surface area (TPSA) is 46.0 Å². The van der Waals surface area contributed by atoms with E-state index in [1.807, 2.05) is 24.3 Å². The highest BCUT2D eigenvalue weighted by molar-refractivity contribution is 6.11. The van der Waals surface area contributed by atoms with Gasteiger partial charge in [0.05, 0.1) is 11.1 Å². The average Bonchev–Trinajstić information content (AvgIpc) is 2.80. The van der Waals surface area contributed by atoms with Crippen LogP contribution in [0.4, 0.5) is 13.2 Å². The zero-order valence-corrected chi connectivity index (χ0v) is 11.0. The highest BCUT2D eigenvalue weighted by atomic mass is 19.4. The molecule has 0 amide bonds. The summed E-state index contributed by atoms with van der Waals surface area (Å²) in [5, 5.41) is 1.35. The largest absolute Gasteiger partial charge is 0.423 e. The Bertz CT molecular complexity index is 1090. The second kappa shape index (κ2) is 4.13. The minimum atomic E-state index is -4.62. The molecular weight excluding hydrogens is 295 g/mol. The number of hydrogen-bond acceptors (Lipinski definition) is 2. The van der Waals surface area contributed by atoms with Crippen LogP contribution in [0, 0.1) is 0 Å². The molecule has 0 bridgehead atoms. The van der Waals surface area contributed by atoms with Crippen LogP contribution in [0.2, 0.25) is 0 Å². The predicted octanol–water partition coefficient (Wildman–Crippen LogP) is 4.45. The van der Waals surface area contributed by atoms with Crippen LogP contribution in [0.25, 0.3) is 32.8 Å². The Morgan fingerprint density at radius 2 is 1.68 bits per heavy atom. The van der Waals surface area contributed by atoms with Gasteiger partial charge in [0, 0.05) is 33.8 Å². The second-order valence-electron chi connectivity index (χ2n) is 5.04. The second-order valence-corrected chi connectivity index (χ2v) is 5.04. The molecule has 0 saturated carbocycles. The molecule has 0 aliphatic carbocycles. The van der Waals surface area contributed by atoms with Crippen molar-refractivity contribution in [3.05, 3.63) is 58.4 Å². The van der Waals surface area contributed by atoms with Gasteiger partial charge in [-0.1, -0.05) is 18.2 Å². The summed E-state index contributed by atoms with van der Waals surface area (Å²) >= 11 is 0. The van der Waals surface area contributed by atoms with Crippen molar-refractivity contribution >= 4 is 32.8 Å². The normalized spacial score (nSPS) is 12.5. The van der Waals surface area contributed by atoms with Gasteiger partial charge in [0.2, 0.25) is 0 Å². The van der Waals surface area contributed by atoms with Crippen LogP contribution in [0.15, 0.2) is 51.7 Å². The van der Waals surface area contributed by atoms with Gasteiger partial charge in [-0.15, -0.1) is 0 Å². The van der Waals surface area contributed by atoms with Crippen LogP contribution in [0.5, 0.6) is 0 Å². The molecule has 2 aromatic heterocycles. The molecule has 0 aliphatic rings. The number of H-pyrrole nitrogens is 1. The number of fused-ring (bicyclic) bond motifs is 4. The van der Waals surface area contributed by atoms with Gasteiger partial charge in [-0.25, -0.2) is 4.79 Å². The lowest BCUT2D eigenvalue weighted by atomic mass is 10.1. The van der Waals surface area contributed by atoms with Crippen molar-refractivity contribution in [2.75, 3.05) is 0 Å². The van der Waals surface area contributed by atoms with Gasteiger partial charge in [-0.3, -0.25) is 0 Å². The van der Waals surface area contributed by atoms with Crippen LogP contribution in [-0.4, -0.2) is 4.98 Å². The van der Waals surface area contributed by atoms with E-state index in [-0.39, 0.29) is 11.0 Å². The summed E-state index contributed by atoms with van der Waals surface area (Å²) < 4.78 is 44.4. The van der Waals surface area contributed by atoms with Crippen molar-refractivity contribution in [3.63, 3.8) is 0 Å². The first-order valence-electron chi connectivity index (χ1n) is 6.49. The van der Waals surface area contributed by atoms with Crippen LogP contribution >= 0.6 is 0 Å². The van der Waals surface area contributed by atoms with E-state index < -0.39 is 17.4 Å². The SMILES string of the molecule is O=c1cc(C(F)(F)F)c2cc3c(cc2o1)[nH]c1ccccc13. The molecule has 22 heavy (non-hydrogen) atoms. The van der Waals surface area contributed by atoms with Gasteiger partial charge in [0.25, 0.3) is 0 Å². The first kappa shape index (κ1) is 12.9. The maximum atomic E-state index is 13.1. The minimum Gasteiger partial charge on any atom is -0.423 e. The third-order valence-electron chi connectivity index (χ3n) is 3.67. The standard InChI is InChI=1S/C16H8F3NO2/c17-16(18,19)11-6-15(21)22-14-7-13-9(5-10(11)14)8-3-1-2-4-12(8)20-13/h1-7,20H. The lowest BCUT2D eigenvalue weighted by Crippen LogP contribution is -2.10. The van der Waals surface area contributed by atoms with Crippen LogP contribution < -0.4 is 5.63 Å². The molecule has 0 unspecified atom stereocenters. The number of rotatable bonds is 0. The van der Waals surface area contributed by atoms with E-state index in [0.717, 1.165) is 10.9 Å². The van der Waals surface area contributed by atoms with Gasteiger partial charge in [-0.2, -0.15) is 13.2 Å². The monoisotopic (exact) mass is 303 g/mol. The zero-order chi connectivity index (χ0) is 15.5. The lowest BCUT2D eigenvalue weighted by molar-refractivity contribution is -0.136. The molecule has 4 aromatic rings. The fourth-order valence-corrected chi connectivity index (χ4v) is 2.74. The Balaban J connectivity index is 2.22. The van der Waals surface area contributed by atoms with E-state index in [1.165, 1.54) is 12.1 Å². The number of aromatic nitrogens is 1. The van der Waals surface area contributed by atoms with Crippen LogP contribution in [0.1, 0.15) is 5.56 Å². The van der Waals surface area contributed by atoms with Gasteiger partial charge in [0.15, 0.2) is 0 Å². The van der Waals surface area contributed by atoms with Gasteiger partial charge >= 0.3 is 11.8 Å². The summed E-state index contributed by atoms with van der Waals surface area (Å²) in [5.41, 5.74) is -0.653. The molecule has 6 heteroatoms. The summed E-state index contributed by atoms with van der Waals surface area (Å²) in [4.78, 5) is 14.5. The first-order chi connectivity index (χ1) is 10.4. The third kappa shape index (κ3) is 1.80. The fraction of sp³-hybridized carbons (Fsp3) is 0.0625. The van der Waals surface area contributed by atoms with Gasteiger partial charge in [-0.05, 0) is 12.1 Å². The Labute approximate surface area is 121 Å². The number of hydrogen-bond donors (Lipinski definition) is 1. The van der Waals surface area contributed by atoms with Crippen LogP contribution in [0.3, 0.4) is 0 Å². The van der Waals surface area contributed by atoms with Crippen molar-refractivity contribution in [2.45, 2.75) is 6.18 Å². The first-order valence-corrected chi connectivity index (χ1v) is 6.49. The molecule has 0 aliphatic heterocycles. The number of alkyl halides is 3. The third-order valence-corrected chi connectivity index (χ3v) is 3.67. The van der Waals surface area contributed by atoms with Crippen molar-refractivity contribution in [2.24, 2.45) is 0 Å². The molecule has 0 spiro atoms. The molecule has 110 valence electrons. The van der Waals surface area contributed by atoms with E-state index in [4.69, 9.17) is 4.42 Å². The smallest absolute Gasteiger partial charge is 0.417 e. The Morgan fingerprint density at radius 1 is 0.909 bits per heavy atom. The van der Waals surface area contributed by atoms with Crippen molar-refractivity contribution in [3.8, 4) is 0 Å². The zero-order valence-electron chi connectivity index (χ0n) is 11.0. The van der Waals surface area contributed by atoms with Crippen molar-refractivity contribution in [1.29, 1.82) is 0 Å². The Morgan fingerprint density at radius 3 is 2.45 bits per heavy atom. The molecule has 4 rings (SSSR count). The molecule has 0 saturated heterocycles. The highest BCUT2D eigenvalue weighted by Gasteiger charge is 2.34. The molecule has 2 aromatic carbocycles. The Hall–Kier alpha value is -2.76. The van der Waals surface area contributed by atoms with Crippen LogP contribution in [-0.2, 0) is 6.18 Å². The van der Waals surface area contributed by atoms with Crippen molar-refractivity contribution in [1.82, 2.24) is 4.98 Å². The fourth-order valence-electron chi connectivity index (χ4n) is 2.74. The van der Waals surface area contributed by atoms with E-state index in [9.17, 15) is 18.0 Å². The number of benzene rings is 2. The quantitative estimate of drug-likeness (QED) is 0.488. The number of halogens is 3. The van der Waals surface area contributed by atoms with Gasteiger partial charge in [0.1, 0.15) is 5.58 Å². The summed E-state index contributed by atoms with van der Waals surface area (Å²) in [6.07, 6.45) is -4.62. The molecule has 0 fully saturated rings. The summed E-state index contributed by atoms with van der Waals surface area (Å²) in [6.45, 7) is 0. The molecule has 2 heterocycles. The highest BCUT2D eigenvalue weighted by Crippen LogP contribution is 2.36. The van der Waals surface area contributed by atoms with Gasteiger partial charge < -0.3 is 9.40 Å². The maximum Gasteiger partial charge on any atom is 0.417 e. The summed E-state index contributed by atoms with van der Waals surface area (Å²) in [7, 11) is 0. The molecule has 0 radical (unpaired) electrons. The van der Waals surface area contributed by atoms with Crippen molar-refractivity contribution < 1.29 is 17.6 Å². The summed E-state index contributed by atoms with van der Waals surface area (Å²) in [6, 6.07) is 10.6. The number of nitrogens with one attached hydrogen (secondary N) is 1. The Kier molecular flexibility index (Phi) is 2.43. The lowest BCUT2D eigenvalue weighted by Gasteiger charge is -2.09. The molecule has 1 N–H and O–H groups in total. The minimum absolute atomic E-state index is 0.0844. The van der Waals surface area contributed by atoms with E-state index in [2.05, 4.69) is 4.98 Å². The summed E-state index contributed by atoms with van der Waals surface area (Å²) in [5.74, 6) is 0. The number of para-hydroxylation sites is 1. The van der Waals surface area contributed by atoms with E-state index in [1.54, 1.807) is 0 Å². The number of aromatic amines is 1. The average molecular weight is 303 g/mol. The molecular formula is C16H8F3NO2. The molecule has 0 atom stereocenters.